The fourth-order valence-corrected chi connectivity index (χ4v) is 1.05. The van der Waals surface area contributed by atoms with Crippen molar-refractivity contribution in [3.05, 3.63) is 22.6 Å². The summed E-state index contributed by atoms with van der Waals surface area (Å²) in [5.41, 5.74) is 0.510. The molecule has 11 heavy (non-hydrogen) atoms. The van der Waals surface area contributed by atoms with Crippen LogP contribution in [-0.2, 0) is 0 Å². The molecule has 0 fully saturated rings. The minimum Gasteiger partial charge on any atom is -0.233 e. The Morgan fingerprint density at radius 3 is 3.00 bits per heavy atom. The third-order valence-electron chi connectivity index (χ3n) is 1.19. The number of hydrogen-bond donors (Lipinski definition) is 0. The van der Waals surface area contributed by atoms with E-state index in [1.807, 2.05) is 0 Å². The molecule has 0 aromatic carbocycles. The summed E-state index contributed by atoms with van der Waals surface area (Å²) in [6.45, 7) is 0. The molecule has 0 aliphatic carbocycles. The maximum Gasteiger partial charge on any atom is 0.198 e. The van der Waals surface area contributed by atoms with Crippen LogP contribution in [0.5, 0.6) is 0 Å². The molecule has 0 saturated heterocycles. The maximum atomic E-state index is 5.63. The van der Waals surface area contributed by atoms with Gasteiger partial charge in [-0.15, -0.1) is 5.10 Å². The summed E-state index contributed by atoms with van der Waals surface area (Å²) < 4.78 is 1.42. The molecule has 56 valence electrons. The number of rotatable bonds is 0. The number of aromatic nitrogens is 4. The highest BCUT2D eigenvalue weighted by Gasteiger charge is 2.03. The highest BCUT2D eigenvalue weighted by molar-refractivity contribution is 6.32. The van der Waals surface area contributed by atoms with Crippen molar-refractivity contribution in [2.45, 2.75) is 0 Å². The minimum atomic E-state index is 0.279. The van der Waals surface area contributed by atoms with Crippen LogP contribution in [0.3, 0.4) is 0 Å². The standard InChI is InChI=1S/C5H2Cl2N4/c6-3-1-8-5-4(7)9-10-11(5)2-3/h1-2H. The molecule has 0 amide bonds. The van der Waals surface area contributed by atoms with Crippen molar-refractivity contribution in [2.75, 3.05) is 0 Å². The monoisotopic (exact) mass is 188 g/mol. The van der Waals surface area contributed by atoms with Crippen LogP contribution in [0, 0.1) is 0 Å². The Morgan fingerprint density at radius 1 is 1.36 bits per heavy atom. The predicted octanol–water partition coefficient (Wildman–Crippen LogP) is 1.43. The van der Waals surface area contributed by atoms with Crippen LogP contribution in [0.4, 0.5) is 0 Å². The molecule has 0 N–H and O–H groups in total. The van der Waals surface area contributed by atoms with E-state index in [1.165, 1.54) is 10.7 Å². The average molecular weight is 189 g/mol. The zero-order valence-electron chi connectivity index (χ0n) is 5.20. The lowest BCUT2D eigenvalue weighted by Crippen LogP contribution is -1.88. The van der Waals surface area contributed by atoms with E-state index in [0.29, 0.717) is 10.7 Å². The number of halogens is 2. The Kier molecular flexibility index (Phi) is 1.44. The molecule has 2 rings (SSSR count). The van der Waals surface area contributed by atoms with E-state index < -0.39 is 0 Å². The van der Waals surface area contributed by atoms with Crippen LogP contribution in [-0.4, -0.2) is 19.8 Å². The fourth-order valence-electron chi connectivity index (χ4n) is 0.741. The van der Waals surface area contributed by atoms with Crippen molar-refractivity contribution < 1.29 is 0 Å². The lowest BCUT2D eigenvalue weighted by atomic mass is 10.6. The van der Waals surface area contributed by atoms with Crippen molar-refractivity contribution in [1.29, 1.82) is 0 Å². The van der Waals surface area contributed by atoms with Crippen molar-refractivity contribution in [2.24, 2.45) is 0 Å². The van der Waals surface area contributed by atoms with E-state index in [9.17, 15) is 0 Å². The first-order chi connectivity index (χ1) is 5.27. The Balaban J connectivity index is 2.86. The summed E-state index contributed by atoms with van der Waals surface area (Å²) in [7, 11) is 0. The van der Waals surface area contributed by atoms with Crippen molar-refractivity contribution >= 4 is 28.8 Å². The molecule has 0 bridgehead atoms. The summed E-state index contributed by atoms with van der Waals surface area (Å²) in [5, 5.41) is 8.04. The van der Waals surface area contributed by atoms with Crippen LogP contribution in [0.2, 0.25) is 10.2 Å². The van der Waals surface area contributed by atoms with Crippen LogP contribution < -0.4 is 0 Å². The predicted molar refractivity (Wildman–Crippen MR) is 40.8 cm³/mol. The molecule has 0 unspecified atom stereocenters. The van der Waals surface area contributed by atoms with Gasteiger partial charge in [0.15, 0.2) is 10.8 Å². The highest BCUT2D eigenvalue weighted by atomic mass is 35.5. The number of hydrogen-bond acceptors (Lipinski definition) is 3. The average Bonchev–Trinajstić information content (AvgIpc) is 2.32. The SMILES string of the molecule is Clc1cnc2c(Cl)nnn2c1. The van der Waals surface area contributed by atoms with E-state index in [0.717, 1.165) is 0 Å². The van der Waals surface area contributed by atoms with Gasteiger partial charge in [-0.25, -0.2) is 4.98 Å². The van der Waals surface area contributed by atoms with Crippen molar-refractivity contribution in [1.82, 2.24) is 19.8 Å². The Hall–Kier alpha value is -0.870. The summed E-state index contributed by atoms with van der Waals surface area (Å²) in [6.07, 6.45) is 3.08. The second kappa shape index (κ2) is 2.32. The van der Waals surface area contributed by atoms with E-state index in [-0.39, 0.29) is 5.15 Å². The molecule has 0 aliphatic rings. The van der Waals surface area contributed by atoms with Gasteiger partial charge < -0.3 is 0 Å². The molecule has 0 radical (unpaired) electrons. The lowest BCUT2D eigenvalue weighted by molar-refractivity contribution is 0.847. The molecule has 2 heterocycles. The summed E-state index contributed by atoms with van der Waals surface area (Å²) in [4.78, 5) is 3.91. The first kappa shape index (κ1) is 6.82. The Bertz CT molecular complexity index is 396. The van der Waals surface area contributed by atoms with Gasteiger partial charge in [-0.1, -0.05) is 28.4 Å². The van der Waals surface area contributed by atoms with E-state index in [4.69, 9.17) is 23.2 Å². The lowest BCUT2D eigenvalue weighted by Gasteiger charge is -1.89. The third kappa shape index (κ3) is 1.04. The number of nitrogens with zero attached hydrogens (tertiary/aromatic N) is 4. The molecule has 6 heteroatoms. The second-order valence-electron chi connectivity index (χ2n) is 1.92. The molecular formula is C5H2Cl2N4. The molecule has 2 aromatic rings. The summed E-state index contributed by atoms with van der Waals surface area (Å²) in [6, 6.07) is 0. The van der Waals surface area contributed by atoms with Crippen LogP contribution in [0.1, 0.15) is 0 Å². The largest absolute Gasteiger partial charge is 0.233 e. The fraction of sp³-hybridized carbons (Fsp3) is 0. The smallest absolute Gasteiger partial charge is 0.198 e. The van der Waals surface area contributed by atoms with Crippen LogP contribution in [0.15, 0.2) is 12.4 Å². The highest BCUT2D eigenvalue weighted by Crippen LogP contribution is 2.12. The Labute approximate surface area is 71.8 Å². The molecule has 0 saturated carbocycles. The van der Waals surface area contributed by atoms with Crippen molar-refractivity contribution in [3.8, 4) is 0 Å². The first-order valence-electron chi connectivity index (χ1n) is 2.79. The van der Waals surface area contributed by atoms with Gasteiger partial charge in [0.25, 0.3) is 0 Å². The molecule has 0 atom stereocenters. The van der Waals surface area contributed by atoms with Gasteiger partial charge in [0.05, 0.1) is 11.2 Å². The van der Waals surface area contributed by atoms with E-state index in [2.05, 4.69) is 15.3 Å². The minimum absolute atomic E-state index is 0.279. The van der Waals surface area contributed by atoms with Gasteiger partial charge in [0.2, 0.25) is 0 Å². The van der Waals surface area contributed by atoms with Gasteiger partial charge in [-0.2, -0.15) is 4.52 Å². The third-order valence-corrected chi connectivity index (χ3v) is 1.63. The van der Waals surface area contributed by atoms with Gasteiger partial charge in [0, 0.05) is 6.20 Å². The van der Waals surface area contributed by atoms with E-state index >= 15 is 0 Å². The maximum absolute atomic E-state index is 5.63. The van der Waals surface area contributed by atoms with Gasteiger partial charge in [-0.05, 0) is 0 Å². The molecule has 0 aliphatic heterocycles. The normalized spacial score (nSPS) is 10.7. The van der Waals surface area contributed by atoms with Crippen LogP contribution in [0.25, 0.3) is 5.65 Å². The molecular weight excluding hydrogens is 187 g/mol. The topological polar surface area (TPSA) is 43.1 Å². The van der Waals surface area contributed by atoms with Crippen LogP contribution >= 0.6 is 23.2 Å². The Morgan fingerprint density at radius 2 is 2.18 bits per heavy atom. The van der Waals surface area contributed by atoms with Gasteiger partial charge in [0.1, 0.15) is 0 Å². The quantitative estimate of drug-likeness (QED) is 0.629. The molecule has 0 spiro atoms. The van der Waals surface area contributed by atoms with E-state index in [1.54, 1.807) is 6.20 Å². The number of fused-ring (bicyclic) bond motifs is 1. The first-order valence-corrected chi connectivity index (χ1v) is 3.55. The van der Waals surface area contributed by atoms with Gasteiger partial charge in [-0.3, -0.25) is 0 Å². The zero-order valence-corrected chi connectivity index (χ0v) is 6.71. The second-order valence-corrected chi connectivity index (χ2v) is 2.72. The molecule has 4 nitrogen and oxygen atoms in total. The summed E-state index contributed by atoms with van der Waals surface area (Å²) >= 11 is 11.3. The van der Waals surface area contributed by atoms with Gasteiger partial charge >= 0.3 is 0 Å². The zero-order chi connectivity index (χ0) is 7.84. The summed E-state index contributed by atoms with van der Waals surface area (Å²) in [5.74, 6) is 0. The molecule has 2 aromatic heterocycles. The van der Waals surface area contributed by atoms with Crippen molar-refractivity contribution in [3.63, 3.8) is 0 Å².